The van der Waals surface area contributed by atoms with Gasteiger partial charge in [0.2, 0.25) is 0 Å². The maximum absolute atomic E-state index is 10.0. The first-order chi connectivity index (χ1) is 23.7. The van der Waals surface area contributed by atoms with Crippen molar-refractivity contribution in [3.05, 3.63) is 167 Å². The van der Waals surface area contributed by atoms with E-state index in [4.69, 9.17) is 0 Å². The van der Waals surface area contributed by atoms with Crippen LogP contribution in [0.1, 0.15) is 52.3 Å². The van der Waals surface area contributed by atoms with Crippen LogP contribution in [0.15, 0.2) is 133 Å². The molecule has 4 nitrogen and oxygen atoms in total. The second-order valence-corrected chi connectivity index (χ2v) is 12.6. The molecular weight excluding hydrogens is 585 g/mol. The fourth-order valence-corrected chi connectivity index (χ4v) is 7.82. The van der Waals surface area contributed by atoms with Gasteiger partial charge in [-0.3, -0.25) is 0 Å². The van der Waals surface area contributed by atoms with Gasteiger partial charge < -0.3 is 9.13 Å². The topological polar surface area (TPSA) is 57.4 Å². The molecule has 48 heavy (non-hydrogen) atoms. The number of hydrogen-bond donors (Lipinski definition) is 0. The van der Waals surface area contributed by atoms with E-state index in [9.17, 15) is 10.5 Å². The van der Waals surface area contributed by atoms with E-state index in [1.807, 2.05) is 12.1 Å². The zero-order valence-corrected chi connectivity index (χ0v) is 26.3. The summed E-state index contributed by atoms with van der Waals surface area (Å²) in [7, 11) is 0. The molecule has 0 saturated carbocycles. The molecule has 0 aliphatic heterocycles. The Kier molecular flexibility index (Phi) is 6.49. The number of rotatable bonds is 4. The molecule has 0 N–H and O–H groups in total. The highest BCUT2D eigenvalue weighted by molar-refractivity contribution is 6.09. The summed E-state index contributed by atoms with van der Waals surface area (Å²) in [5, 5.41) is 23.7. The second kappa shape index (κ2) is 11.2. The van der Waals surface area contributed by atoms with Crippen molar-refractivity contribution in [2.75, 3.05) is 0 Å². The number of nitrogens with zero attached hydrogens (tertiary/aromatic N) is 4. The van der Waals surface area contributed by atoms with Crippen LogP contribution in [0.5, 0.6) is 0 Å². The molecule has 0 bridgehead atoms. The molecule has 2 aliphatic carbocycles. The molecule has 4 heteroatoms. The van der Waals surface area contributed by atoms with E-state index in [2.05, 4.69) is 149 Å². The monoisotopic (exact) mass is 614 g/mol. The molecule has 2 heterocycles. The van der Waals surface area contributed by atoms with Crippen molar-refractivity contribution in [2.24, 2.45) is 0 Å². The lowest BCUT2D eigenvalue weighted by atomic mass is 9.85. The van der Waals surface area contributed by atoms with Crippen molar-refractivity contribution < 1.29 is 0 Å². The van der Waals surface area contributed by atoms with Crippen LogP contribution in [-0.4, -0.2) is 9.13 Å². The van der Waals surface area contributed by atoms with Gasteiger partial charge in [-0.15, -0.1) is 0 Å². The smallest absolute Gasteiger partial charge is 0.101 e. The van der Waals surface area contributed by atoms with Crippen LogP contribution in [0.4, 0.5) is 0 Å². The molecule has 5 aromatic carbocycles. The van der Waals surface area contributed by atoms with Crippen molar-refractivity contribution in [3.8, 4) is 23.5 Å². The Morgan fingerprint density at radius 3 is 2.00 bits per heavy atom. The highest BCUT2D eigenvalue weighted by Gasteiger charge is 2.23. The molecule has 226 valence electrons. The predicted octanol–water partition coefficient (Wildman–Crippen LogP) is 10.6. The first kappa shape index (κ1) is 27.9. The first-order valence-corrected chi connectivity index (χ1v) is 16.5. The van der Waals surface area contributed by atoms with Gasteiger partial charge in [0.1, 0.15) is 12.1 Å². The SMILES string of the molecule is N#Cc1cc(C2C=CC(c3cccc(-n4c5c(c6ccccc64)C=CCC5)c3)=CC2)c(-n2c3ccccc3c3ccccc32)cc1C#N. The standard InChI is InChI=1S/C44H30N4/c45-27-32-25-39(44(26-33(32)28-46)48-42-18-7-3-14-37(42)38-15-4-8-19-43(38)48)30-22-20-29(21-23-30)31-10-9-11-34(24-31)47-40-16-5-1-12-35(40)36-13-2-6-17-41(36)47/h1-5,7-16,18-22,24-26,30H,6,17,23H2. The maximum atomic E-state index is 10.0. The van der Waals surface area contributed by atoms with E-state index in [1.54, 1.807) is 0 Å². The van der Waals surface area contributed by atoms with Gasteiger partial charge in [-0.25, -0.2) is 0 Å². The Morgan fingerprint density at radius 2 is 1.31 bits per heavy atom. The molecule has 0 fully saturated rings. The molecule has 1 atom stereocenters. The molecule has 7 aromatic rings. The third-order valence-electron chi connectivity index (χ3n) is 10.0. The number of fused-ring (bicyclic) bond motifs is 6. The van der Waals surface area contributed by atoms with Gasteiger partial charge >= 0.3 is 0 Å². The summed E-state index contributed by atoms with van der Waals surface area (Å²) in [5.41, 5.74) is 12.4. The van der Waals surface area contributed by atoms with Gasteiger partial charge in [-0.05, 0) is 78.4 Å². The van der Waals surface area contributed by atoms with Crippen LogP contribution in [-0.2, 0) is 6.42 Å². The molecule has 0 amide bonds. The Bertz CT molecular complexity index is 2570. The van der Waals surface area contributed by atoms with Crippen LogP contribution in [0.3, 0.4) is 0 Å². The van der Waals surface area contributed by atoms with E-state index in [0.717, 1.165) is 52.3 Å². The number of allylic oxidation sites excluding steroid dienone is 5. The Hall–Kier alpha value is -6.36. The van der Waals surface area contributed by atoms with E-state index < -0.39 is 0 Å². The lowest BCUT2D eigenvalue weighted by Crippen LogP contribution is -2.07. The van der Waals surface area contributed by atoms with Crippen molar-refractivity contribution >= 4 is 44.4 Å². The highest BCUT2D eigenvalue weighted by Crippen LogP contribution is 2.40. The molecule has 0 spiro atoms. The summed E-state index contributed by atoms with van der Waals surface area (Å²) >= 11 is 0. The van der Waals surface area contributed by atoms with E-state index in [0.29, 0.717) is 11.1 Å². The molecule has 2 aromatic heterocycles. The van der Waals surface area contributed by atoms with Crippen LogP contribution >= 0.6 is 0 Å². The van der Waals surface area contributed by atoms with E-state index in [-0.39, 0.29) is 5.92 Å². The van der Waals surface area contributed by atoms with Crippen molar-refractivity contribution in [1.29, 1.82) is 10.5 Å². The van der Waals surface area contributed by atoms with Crippen LogP contribution in [0.2, 0.25) is 0 Å². The number of para-hydroxylation sites is 3. The average Bonchev–Trinajstić information content (AvgIpc) is 3.67. The van der Waals surface area contributed by atoms with Crippen molar-refractivity contribution in [1.82, 2.24) is 9.13 Å². The van der Waals surface area contributed by atoms with E-state index in [1.165, 1.54) is 39.0 Å². The summed E-state index contributed by atoms with van der Waals surface area (Å²) in [6, 6.07) is 42.8. The number of hydrogen-bond acceptors (Lipinski definition) is 2. The fraction of sp³-hybridized carbons (Fsp3) is 0.0909. The minimum atomic E-state index is 0.0406. The zero-order valence-electron chi connectivity index (χ0n) is 26.3. The molecule has 9 rings (SSSR count). The van der Waals surface area contributed by atoms with Crippen LogP contribution in [0.25, 0.3) is 55.7 Å². The highest BCUT2D eigenvalue weighted by atomic mass is 15.0. The minimum Gasteiger partial charge on any atom is -0.313 e. The van der Waals surface area contributed by atoms with Crippen molar-refractivity contribution in [3.63, 3.8) is 0 Å². The van der Waals surface area contributed by atoms with Gasteiger partial charge in [-0.2, -0.15) is 10.5 Å². The van der Waals surface area contributed by atoms with Crippen LogP contribution in [0, 0.1) is 22.7 Å². The quantitative estimate of drug-likeness (QED) is 0.198. The summed E-state index contributed by atoms with van der Waals surface area (Å²) in [4.78, 5) is 0. The Labute approximate surface area is 279 Å². The van der Waals surface area contributed by atoms with Gasteiger partial charge in [0.15, 0.2) is 0 Å². The first-order valence-electron chi connectivity index (χ1n) is 16.5. The third-order valence-corrected chi connectivity index (χ3v) is 10.0. The van der Waals surface area contributed by atoms with Crippen molar-refractivity contribution in [2.45, 2.75) is 25.2 Å². The molecule has 0 radical (unpaired) electrons. The zero-order chi connectivity index (χ0) is 32.2. The largest absolute Gasteiger partial charge is 0.313 e. The van der Waals surface area contributed by atoms with Gasteiger partial charge in [0, 0.05) is 39.0 Å². The molecular formula is C44H30N4. The van der Waals surface area contributed by atoms with Crippen LogP contribution < -0.4 is 0 Å². The number of aromatic nitrogens is 2. The molecule has 1 unspecified atom stereocenters. The Morgan fingerprint density at radius 1 is 0.646 bits per heavy atom. The lowest BCUT2D eigenvalue weighted by molar-refractivity contribution is 0.844. The third kappa shape index (κ3) is 4.28. The maximum Gasteiger partial charge on any atom is 0.101 e. The number of benzene rings is 5. The van der Waals surface area contributed by atoms with Gasteiger partial charge in [-0.1, -0.05) is 97.1 Å². The second-order valence-electron chi connectivity index (χ2n) is 12.6. The van der Waals surface area contributed by atoms with Gasteiger partial charge in [0.05, 0.1) is 33.4 Å². The van der Waals surface area contributed by atoms with Gasteiger partial charge in [0.25, 0.3) is 0 Å². The average molecular weight is 615 g/mol. The van der Waals surface area contributed by atoms with E-state index >= 15 is 0 Å². The predicted molar refractivity (Wildman–Crippen MR) is 195 cm³/mol. The summed E-state index contributed by atoms with van der Waals surface area (Å²) in [5.74, 6) is 0.0406. The molecule has 2 aliphatic rings. The Balaban J connectivity index is 1.13. The molecule has 0 saturated heterocycles. The fourth-order valence-electron chi connectivity index (χ4n) is 7.82. The lowest BCUT2D eigenvalue weighted by Gasteiger charge is -2.22. The number of nitriles is 2. The summed E-state index contributed by atoms with van der Waals surface area (Å²) < 4.78 is 4.70. The normalized spacial score (nSPS) is 15.4. The minimum absolute atomic E-state index is 0.0406. The summed E-state index contributed by atoms with van der Waals surface area (Å²) in [6.07, 6.45) is 14.2. The summed E-state index contributed by atoms with van der Waals surface area (Å²) in [6.45, 7) is 0.